The molecule has 76 valence electrons. The normalized spacial score (nSPS) is 10.5. The van der Waals surface area contributed by atoms with Crippen molar-refractivity contribution in [1.29, 1.82) is 5.26 Å². The fraction of sp³-hybridized carbons (Fsp3) is 0.222. The van der Waals surface area contributed by atoms with Crippen LogP contribution in [0.15, 0.2) is 17.2 Å². The van der Waals surface area contributed by atoms with Crippen molar-refractivity contribution in [2.24, 2.45) is 0 Å². The molecule has 0 bridgehead atoms. The average molecular weight is 239 g/mol. The molecule has 2 heterocycles. The van der Waals surface area contributed by atoms with E-state index in [-0.39, 0.29) is 0 Å². The van der Waals surface area contributed by atoms with Crippen molar-refractivity contribution in [2.75, 3.05) is 5.75 Å². The van der Waals surface area contributed by atoms with Crippen LogP contribution in [0.5, 0.6) is 0 Å². The Hall–Kier alpha value is -1.25. The van der Waals surface area contributed by atoms with Crippen LogP contribution in [0.1, 0.15) is 12.6 Å². The summed E-state index contributed by atoms with van der Waals surface area (Å²) in [5, 5.41) is 13.2. The highest BCUT2D eigenvalue weighted by molar-refractivity contribution is 7.99. The van der Waals surface area contributed by atoms with Gasteiger partial charge in [-0.3, -0.25) is 0 Å². The molecule has 0 N–H and O–H groups in total. The molecule has 0 aliphatic heterocycles. The number of halogens is 1. The lowest BCUT2D eigenvalue weighted by Crippen LogP contribution is -1.96. The number of nitriles is 1. The van der Waals surface area contributed by atoms with Crippen molar-refractivity contribution in [3.8, 4) is 6.07 Å². The lowest BCUT2D eigenvalue weighted by molar-refractivity contribution is 0.904. The first-order valence-corrected chi connectivity index (χ1v) is 5.69. The molecule has 0 fully saturated rings. The molecule has 0 saturated heterocycles. The van der Waals surface area contributed by atoms with Gasteiger partial charge in [-0.2, -0.15) is 10.4 Å². The molecule has 0 atom stereocenters. The topological polar surface area (TPSA) is 54.0 Å². The molecule has 0 aliphatic rings. The van der Waals surface area contributed by atoms with Gasteiger partial charge >= 0.3 is 0 Å². The van der Waals surface area contributed by atoms with Gasteiger partial charge in [-0.15, -0.1) is 11.8 Å². The summed E-state index contributed by atoms with van der Waals surface area (Å²) >= 11 is 7.49. The Morgan fingerprint density at radius 1 is 1.67 bits per heavy atom. The van der Waals surface area contributed by atoms with Gasteiger partial charge < -0.3 is 0 Å². The summed E-state index contributed by atoms with van der Waals surface area (Å²) < 4.78 is 1.47. The van der Waals surface area contributed by atoms with E-state index in [1.54, 1.807) is 17.8 Å². The molecule has 4 nitrogen and oxygen atoms in total. The van der Waals surface area contributed by atoms with Crippen molar-refractivity contribution in [1.82, 2.24) is 14.6 Å². The van der Waals surface area contributed by atoms with Gasteiger partial charge in [-0.1, -0.05) is 18.5 Å². The van der Waals surface area contributed by atoms with Crippen molar-refractivity contribution >= 4 is 29.0 Å². The molecular formula is C9H7ClN4S. The van der Waals surface area contributed by atoms with Crippen LogP contribution in [0.3, 0.4) is 0 Å². The molecular weight excluding hydrogens is 232 g/mol. The molecule has 0 saturated carbocycles. The number of nitrogens with zero attached hydrogens (tertiary/aromatic N) is 4. The summed E-state index contributed by atoms with van der Waals surface area (Å²) in [5.74, 6) is 0.921. The van der Waals surface area contributed by atoms with Gasteiger partial charge in [-0.05, 0) is 11.8 Å². The summed E-state index contributed by atoms with van der Waals surface area (Å²) in [7, 11) is 0. The van der Waals surface area contributed by atoms with Crippen LogP contribution in [0, 0.1) is 11.3 Å². The zero-order valence-electron chi connectivity index (χ0n) is 7.94. The van der Waals surface area contributed by atoms with Gasteiger partial charge in [0, 0.05) is 0 Å². The van der Waals surface area contributed by atoms with Crippen molar-refractivity contribution in [3.05, 3.63) is 23.1 Å². The van der Waals surface area contributed by atoms with Gasteiger partial charge in [0.15, 0.2) is 16.5 Å². The van der Waals surface area contributed by atoms with Crippen LogP contribution in [0.25, 0.3) is 5.65 Å². The number of aromatic nitrogens is 3. The minimum absolute atomic E-state index is 0.368. The van der Waals surface area contributed by atoms with Crippen molar-refractivity contribution < 1.29 is 0 Å². The number of fused-ring (bicyclic) bond motifs is 1. The highest BCUT2D eigenvalue weighted by Crippen LogP contribution is 2.25. The maximum absolute atomic E-state index is 8.84. The standard InChI is InChI=1S/C9H7ClN4S/c1-2-15-7-3-8(10)13-14-6(4-11)5-12-9(7)14/h3,5H,2H2,1H3. The van der Waals surface area contributed by atoms with E-state index in [0.29, 0.717) is 16.5 Å². The lowest BCUT2D eigenvalue weighted by Gasteiger charge is -2.01. The Kier molecular flexibility index (Phi) is 2.80. The van der Waals surface area contributed by atoms with Crippen molar-refractivity contribution in [2.45, 2.75) is 11.8 Å². The molecule has 0 unspecified atom stereocenters. The van der Waals surface area contributed by atoms with Gasteiger partial charge in [0.1, 0.15) is 6.07 Å². The Morgan fingerprint density at radius 2 is 2.47 bits per heavy atom. The van der Waals surface area contributed by atoms with Gasteiger partial charge in [0.2, 0.25) is 0 Å². The average Bonchev–Trinajstić information content (AvgIpc) is 2.61. The summed E-state index contributed by atoms with van der Waals surface area (Å²) in [6.07, 6.45) is 1.50. The number of hydrogen-bond acceptors (Lipinski definition) is 4. The zero-order chi connectivity index (χ0) is 10.8. The second-order valence-corrected chi connectivity index (χ2v) is 4.45. The van der Waals surface area contributed by atoms with E-state index in [1.165, 1.54) is 10.7 Å². The largest absolute Gasteiger partial charge is 0.233 e. The Morgan fingerprint density at radius 3 is 3.13 bits per heavy atom. The third kappa shape index (κ3) is 1.78. The lowest BCUT2D eigenvalue weighted by atomic mass is 10.5. The molecule has 15 heavy (non-hydrogen) atoms. The predicted octanol–water partition coefficient (Wildman–Crippen LogP) is 2.37. The first-order chi connectivity index (χ1) is 7.26. The first kappa shape index (κ1) is 10.3. The fourth-order valence-electron chi connectivity index (χ4n) is 1.25. The maximum atomic E-state index is 8.84. The van der Waals surface area contributed by atoms with Crippen LogP contribution in [0.2, 0.25) is 5.15 Å². The van der Waals surface area contributed by atoms with Crippen LogP contribution < -0.4 is 0 Å². The predicted molar refractivity (Wildman–Crippen MR) is 59.1 cm³/mol. The Bertz CT molecular complexity index is 543. The highest BCUT2D eigenvalue weighted by Gasteiger charge is 2.10. The second-order valence-electron chi connectivity index (χ2n) is 2.75. The minimum atomic E-state index is 0.368. The minimum Gasteiger partial charge on any atom is -0.233 e. The summed E-state index contributed by atoms with van der Waals surface area (Å²) in [5.41, 5.74) is 1.08. The number of hydrogen-bond donors (Lipinski definition) is 0. The quantitative estimate of drug-likeness (QED) is 0.754. The highest BCUT2D eigenvalue weighted by atomic mass is 35.5. The third-order valence-electron chi connectivity index (χ3n) is 1.82. The Balaban J connectivity index is 2.72. The van der Waals surface area contributed by atoms with E-state index in [4.69, 9.17) is 16.9 Å². The SMILES string of the molecule is CCSc1cc(Cl)nn2c(C#N)cnc12. The second kappa shape index (κ2) is 4.09. The smallest absolute Gasteiger partial charge is 0.168 e. The molecule has 0 aromatic carbocycles. The molecule has 6 heteroatoms. The third-order valence-corrected chi connectivity index (χ3v) is 2.90. The summed E-state index contributed by atoms with van der Waals surface area (Å²) in [6.45, 7) is 2.05. The van der Waals surface area contributed by atoms with Gasteiger partial charge in [-0.25, -0.2) is 9.50 Å². The summed E-state index contributed by atoms with van der Waals surface area (Å²) in [6, 6.07) is 3.78. The molecule has 0 radical (unpaired) electrons. The van der Waals surface area contributed by atoms with E-state index in [9.17, 15) is 0 Å². The van der Waals surface area contributed by atoms with Gasteiger partial charge in [0.25, 0.3) is 0 Å². The molecule has 0 aliphatic carbocycles. The van der Waals surface area contributed by atoms with Crippen LogP contribution >= 0.6 is 23.4 Å². The monoisotopic (exact) mass is 238 g/mol. The van der Waals surface area contributed by atoms with E-state index in [1.807, 2.05) is 13.0 Å². The molecule has 2 aromatic heterocycles. The van der Waals surface area contributed by atoms with Crippen LogP contribution in [-0.2, 0) is 0 Å². The summed E-state index contributed by atoms with van der Waals surface area (Å²) in [4.78, 5) is 5.09. The maximum Gasteiger partial charge on any atom is 0.168 e. The molecule has 2 aromatic rings. The number of imidazole rings is 1. The van der Waals surface area contributed by atoms with E-state index < -0.39 is 0 Å². The zero-order valence-corrected chi connectivity index (χ0v) is 9.51. The fourth-order valence-corrected chi connectivity index (χ4v) is 2.27. The number of rotatable bonds is 2. The van der Waals surface area contributed by atoms with Gasteiger partial charge in [0.05, 0.1) is 11.1 Å². The van der Waals surface area contributed by atoms with E-state index >= 15 is 0 Å². The molecule has 0 amide bonds. The number of thioether (sulfide) groups is 1. The van der Waals surface area contributed by atoms with E-state index in [2.05, 4.69) is 10.1 Å². The van der Waals surface area contributed by atoms with Crippen LogP contribution in [0.4, 0.5) is 0 Å². The van der Waals surface area contributed by atoms with Crippen molar-refractivity contribution in [3.63, 3.8) is 0 Å². The Labute approximate surface area is 95.9 Å². The molecule has 0 spiro atoms. The first-order valence-electron chi connectivity index (χ1n) is 4.33. The molecule has 2 rings (SSSR count). The van der Waals surface area contributed by atoms with Crippen LogP contribution in [-0.4, -0.2) is 20.4 Å². The van der Waals surface area contributed by atoms with E-state index in [0.717, 1.165) is 10.6 Å².